The molecular formula is C18H18Cl2N2O. The number of pyridine rings is 1. The number of aromatic nitrogens is 1. The summed E-state index contributed by atoms with van der Waals surface area (Å²) in [6.07, 6.45) is 6.28. The second-order valence-electron chi connectivity index (χ2n) is 5.50. The summed E-state index contributed by atoms with van der Waals surface area (Å²) in [4.78, 5) is 4.36. The van der Waals surface area contributed by atoms with Crippen LogP contribution < -0.4 is 10.1 Å². The summed E-state index contributed by atoms with van der Waals surface area (Å²) < 4.78 is 5.74. The summed E-state index contributed by atoms with van der Waals surface area (Å²) in [5.74, 6) is 0.611. The molecule has 3 rings (SSSR count). The van der Waals surface area contributed by atoms with Crippen molar-refractivity contribution in [3.63, 3.8) is 0 Å². The molecule has 2 aromatic rings. The number of hydrogen-bond acceptors (Lipinski definition) is 3. The number of nitrogens with one attached hydrogen (secondary N) is 1. The Morgan fingerprint density at radius 2 is 1.96 bits per heavy atom. The Labute approximate surface area is 146 Å². The zero-order valence-corrected chi connectivity index (χ0v) is 14.2. The van der Waals surface area contributed by atoms with Crippen molar-refractivity contribution in [2.45, 2.75) is 19.4 Å². The molecule has 1 saturated heterocycles. The number of nitrogens with zero attached hydrogens (tertiary/aromatic N) is 1. The van der Waals surface area contributed by atoms with Gasteiger partial charge in [-0.3, -0.25) is 4.98 Å². The Morgan fingerprint density at radius 3 is 2.74 bits per heavy atom. The smallest absolute Gasteiger partial charge is 0.138 e. The van der Waals surface area contributed by atoms with Crippen LogP contribution in [0.2, 0.25) is 10.0 Å². The van der Waals surface area contributed by atoms with Gasteiger partial charge in [0.15, 0.2) is 0 Å². The van der Waals surface area contributed by atoms with Crippen LogP contribution >= 0.6 is 23.2 Å². The summed E-state index contributed by atoms with van der Waals surface area (Å²) >= 11 is 12.0. The van der Waals surface area contributed by atoms with Crippen molar-refractivity contribution in [3.05, 3.63) is 63.4 Å². The van der Waals surface area contributed by atoms with Crippen molar-refractivity contribution in [2.75, 3.05) is 13.1 Å². The Hall–Kier alpha value is -1.55. The van der Waals surface area contributed by atoms with Crippen molar-refractivity contribution >= 4 is 29.3 Å². The molecule has 0 amide bonds. The maximum Gasteiger partial charge on any atom is 0.138 e. The molecule has 0 saturated carbocycles. The fourth-order valence-corrected chi connectivity index (χ4v) is 3.00. The summed E-state index contributed by atoms with van der Waals surface area (Å²) in [6, 6.07) is 9.27. The van der Waals surface area contributed by atoms with E-state index >= 15 is 0 Å². The first kappa shape index (κ1) is 16.3. The lowest BCUT2D eigenvalue weighted by atomic mass is 10.0. The van der Waals surface area contributed by atoms with Gasteiger partial charge in [0.2, 0.25) is 0 Å². The summed E-state index contributed by atoms with van der Waals surface area (Å²) in [5, 5.41) is 4.46. The minimum atomic E-state index is 0.375. The predicted molar refractivity (Wildman–Crippen MR) is 95.1 cm³/mol. The van der Waals surface area contributed by atoms with E-state index in [0.717, 1.165) is 37.2 Å². The van der Waals surface area contributed by atoms with Gasteiger partial charge in [-0.25, -0.2) is 0 Å². The zero-order valence-electron chi connectivity index (χ0n) is 12.7. The van der Waals surface area contributed by atoms with Crippen LogP contribution in [-0.2, 0) is 6.61 Å². The highest BCUT2D eigenvalue weighted by Crippen LogP contribution is 2.28. The number of hydrogen-bond donors (Lipinski definition) is 1. The first-order valence-corrected chi connectivity index (χ1v) is 8.39. The largest absolute Gasteiger partial charge is 0.486 e. The van der Waals surface area contributed by atoms with Crippen LogP contribution in [0.3, 0.4) is 0 Å². The molecule has 1 N–H and O–H groups in total. The molecule has 5 heteroatoms. The first-order chi connectivity index (χ1) is 11.2. The molecule has 3 nitrogen and oxygen atoms in total. The monoisotopic (exact) mass is 348 g/mol. The Kier molecular flexibility index (Phi) is 5.55. The third-order valence-electron chi connectivity index (χ3n) is 3.73. The molecule has 2 heterocycles. The molecule has 0 unspecified atom stereocenters. The van der Waals surface area contributed by atoms with E-state index < -0.39 is 0 Å². The molecular weight excluding hydrogens is 331 g/mol. The molecule has 23 heavy (non-hydrogen) atoms. The number of ether oxygens (including phenoxy) is 1. The lowest BCUT2D eigenvalue weighted by Gasteiger charge is -2.15. The predicted octanol–water partition coefficient (Wildman–Crippen LogP) is 4.73. The van der Waals surface area contributed by atoms with E-state index in [2.05, 4.69) is 22.4 Å². The van der Waals surface area contributed by atoms with Gasteiger partial charge in [-0.15, -0.1) is 0 Å². The van der Waals surface area contributed by atoms with Crippen molar-refractivity contribution < 1.29 is 4.74 Å². The van der Waals surface area contributed by atoms with Gasteiger partial charge in [-0.2, -0.15) is 0 Å². The number of rotatable bonds is 4. The minimum Gasteiger partial charge on any atom is -0.486 e. The van der Waals surface area contributed by atoms with E-state index in [1.54, 1.807) is 18.2 Å². The maximum atomic E-state index is 6.11. The van der Waals surface area contributed by atoms with Gasteiger partial charge in [-0.1, -0.05) is 34.9 Å². The summed E-state index contributed by atoms with van der Waals surface area (Å²) in [7, 11) is 0. The van der Waals surface area contributed by atoms with Gasteiger partial charge in [0, 0.05) is 11.2 Å². The number of piperidine rings is 1. The van der Waals surface area contributed by atoms with Crippen LogP contribution in [0.1, 0.15) is 24.1 Å². The standard InChI is InChI=1S/C18H18Cl2N2O/c19-15-1-2-18(17(20)11-15)23-12-16-10-14(5-8-22-16)9-13-3-6-21-7-4-13/h1-2,5,8-11,21H,3-4,6-7,12H2. The van der Waals surface area contributed by atoms with Crippen molar-refractivity contribution in [1.82, 2.24) is 10.3 Å². The van der Waals surface area contributed by atoms with E-state index in [9.17, 15) is 0 Å². The Bertz CT molecular complexity index is 708. The van der Waals surface area contributed by atoms with Gasteiger partial charge >= 0.3 is 0 Å². The first-order valence-electron chi connectivity index (χ1n) is 7.64. The highest BCUT2D eigenvalue weighted by molar-refractivity contribution is 6.35. The van der Waals surface area contributed by atoms with Gasteiger partial charge < -0.3 is 10.1 Å². The lowest BCUT2D eigenvalue weighted by Crippen LogP contribution is -2.22. The quantitative estimate of drug-likeness (QED) is 0.866. The zero-order chi connectivity index (χ0) is 16.1. The molecule has 1 aromatic carbocycles. The number of benzene rings is 1. The van der Waals surface area contributed by atoms with E-state index in [0.29, 0.717) is 22.4 Å². The summed E-state index contributed by atoms with van der Waals surface area (Å²) in [6.45, 7) is 2.49. The SMILES string of the molecule is Clc1ccc(OCc2cc(C=C3CCNCC3)ccn2)c(Cl)c1. The molecule has 1 aliphatic heterocycles. The Balaban J connectivity index is 1.67. The third kappa shape index (κ3) is 4.71. The van der Waals surface area contributed by atoms with Crippen LogP contribution in [0.4, 0.5) is 0 Å². The molecule has 1 aliphatic rings. The fraction of sp³-hybridized carbons (Fsp3) is 0.278. The molecule has 1 fully saturated rings. The van der Waals surface area contributed by atoms with E-state index in [1.807, 2.05) is 12.3 Å². The molecule has 0 aliphatic carbocycles. The second-order valence-corrected chi connectivity index (χ2v) is 6.34. The van der Waals surface area contributed by atoms with Gasteiger partial charge in [0.1, 0.15) is 12.4 Å². The number of halogens is 2. The average molecular weight is 349 g/mol. The normalized spacial score (nSPS) is 14.6. The highest BCUT2D eigenvalue weighted by atomic mass is 35.5. The lowest BCUT2D eigenvalue weighted by molar-refractivity contribution is 0.301. The van der Waals surface area contributed by atoms with Crippen LogP contribution in [-0.4, -0.2) is 18.1 Å². The second kappa shape index (κ2) is 7.82. The van der Waals surface area contributed by atoms with E-state index in [-0.39, 0.29) is 0 Å². The van der Waals surface area contributed by atoms with Crippen molar-refractivity contribution in [2.24, 2.45) is 0 Å². The molecule has 1 aromatic heterocycles. The fourth-order valence-electron chi connectivity index (χ4n) is 2.54. The van der Waals surface area contributed by atoms with Gasteiger partial charge in [-0.05, 0) is 61.8 Å². The average Bonchev–Trinajstić information content (AvgIpc) is 2.55. The van der Waals surface area contributed by atoms with Crippen LogP contribution in [0.15, 0.2) is 42.1 Å². The minimum absolute atomic E-state index is 0.375. The van der Waals surface area contributed by atoms with E-state index in [1.165, 1.54) is 5.57 Å². The molecule has 0 bridgehead atoms. The van der Waals surface area contributed by atoms with Gasteiger partial charge in [0.25, 0.3) is 0 Å². The summed E-state index contributed by atoms with van der Waals surface area (Å²) in [5.41, 5.74) is 3.51. The van der Waals surface area contributed by atoms with Crippen LogP contribution in [0.5, 0.6) is 5.75 Å². The maximum absolute atomic E-state index is 6.11. The Morgan fingerprint density at radius 1 is 1.13 bits per heavy atom. The van der Waals surface area contributed by atoms with Gasteiger partial charge in [0.05, 0.1) is 10.7 Å². The molecule has 0 atom stereocenters. The van der Waals surface area contributed by atoms with E-state index in [4.69, 9.17) is 27.9 Å². The van der Waals surface area contributed by atoms with Crippen LogP contribution in [0.25, 0.3) is 6.08 Å². The van der Waals surface area contributed by atoms with Crippen molar-refractivity contribution in [3.8, 4) is 5.75 Å². The molecule has 120 valence electrons. The molecule has 0 spiro atoms. The topological polar surface area (TPSA) is 34.1 Å². The molecule has 0 radical (unpaired) electrons. The van der Waals surface area contributed by atoms with Crippen LogP contribution in [0, 0.1) is 0 Å². The van der Waals surface area contributed by atoms with Crippen molar-refractivity contribution in [1.29, 1.82) is 0 Å². The highest BCUT2D eigenvalue weighted by Gasteiger charge is 2.06. The third-order valence-corrected chi connectivity index (χ3v) is 4.26.